The second-order valence-electron chi connectivity index (χ2n) is 6.88. The summed E-state index contributed by atoms with van der Waals surface area (Å²) in [5.41, 5.74) is 0.394. The van der Waals surface area contributed by atoms with Gasteiger partial charge in [-0.1, -0.05) is 0 Å². The van der Waals surface area contributed by atoms with Crippen LogP contribution in [0.4, 0.5) is 4.79 Å². The maximum absolute atomic E-state index is 11.8. The third-order valence-corrected chi connectivity index (χ3v) is 5.43. The first-order valence-electron chi connectivity index (χ1n) is 7.84. The number of carbonyl (C=O) groups excluding carboxylic acids is 1. The molecule has 0 bridgehead atoms. The summed E-state index contributed by atoms with van der Waals surface area (Å²) in [6.07, 6.45) is 5.04. The largest absolute Gasteiger partial charge is 0.444 e. The highest BCUT2D eigenvalue weighted by Crippen LogP contribution is 2.24. The molecule has 1 aromatic rings. The van der Waals surface area contributed by atoms with Crippen molar-refractivity contribution in [3.8, 4) is 0 Å². The van der Waals surface area contributed by atoms with Gasteiger partial charge < -0.3 is 14.6 Å². The highest BCUT2D eigenvalue weighted by atomic mass is 32.2. The van der Waals surface area contributed by atoms with Gasteiger partial charge in [-0.25, -0.2) is 18.2 Å². The van der Waals surface area contributed by atoms with Crippen LogP contribution in [0.25, 0.3) is 0 Å². The fourth-order valence-corrected chi connectivity index (χ4v) is 4.37. The van der Waals surface area contributed by atoms with Gasteiger partial charge in [0, 0.05) is 30.9 Å². The van der Waals surface area contributed by atoms with Crippen molar-refractivity contribution in [2.75, 3.05) is 18.1 Å². The Kier molecular flexibility index (Phi) is 5.33. The van der Waals surface area contributed by atoms with Gasteiger partial charge in [0.05, 0.1) is 17.8 Å². The summed E-state index contributed by atoms with van der Waals surface area (Å²) in [5.74, 6) is 0.434. The van der Waals surface area contributed by atoms with Crippen LogP contribution in [0, 0.1) is 0 Å². The molecule has 1 aliphatic heterocycles. The lowest BCUT2D eigenvalue weighted by Gasteiger charge is -2.25. The number of amides is 1. The molecule has 1 aromatic heterocycles. The maximum Gasteiger partial charge on any atom is 0.407 e. The summed E-state index contributed by atoms with van der Waals surface area (Å²) in [6, 6.07) is -0.0622. The fraction of sp³-hybridized carbons (Fsp3) is 0.733. The molecule has 1 amide bonds. The van der Waals surface area contributed by atoms with Crippen molar-refractivity contribution in [2.45, 2.75) is 51.7 Å². The first-order valence-corrected chi connectivity index (χ1v) is 9.66. The SMILES string of the molecule is CC(C)(C)OC(=O)NCCc1cncn1C1CCCS(=O)(=O)C1. The van der Waals surface area contributed by atoms with Gasteiger partial charge in [-0.2, -0.15) is 0 Å². The Labute approximate surface area is 137 Å². The van der Waals surface area contributed by atoms with Gasteiger partial charge in [-0.05, 0) is 33.6 Å². The van der Waals surface area contributed by atoms with Crippen LogP contribution < -0.4 is 5.32 Å². The van der Waals surface area contributed by atoms with Crippen LogP contribution in [0.15, 0.2) is 12.5 Å². The van der Waals surface area contributed by atoms with E-state index in [2.05, 4.69) is 10.3 Å². The topological polar surface area (TPSA) is 90.3 Å². The van der Waals surface area contributed by atoms with Crippen LogP contribution in [0.3, 0.4) is 0 Å². The van der Waals surface area contributed by atoms with Crippen LogP contribution in [0.2, 0.25) is 0 Å². The minimum atomic E-state index is -2.97. The Balaban J connectivity index is 1.90. The molecule has 0 spiro atoms. The van der Waals surface area contributed by atoms with E-state index in [1.165, 1.54) is 0 Å². The first-order chi connectivity index (χ1) is 10.7. The van der Waals surface area contributed by atoms with Crippen molar-refractivity contribution in [1.82, 2.24) is 14.9 Å². The minimum absolute atomic E-state index is 0.0622. The molecule has 23 heavy (non-hydrogen) atoms. The van der Waals surface area contributed by atoms with Crippen LogP contribution >= 0.6 is 0 Å². The number of aromatic nitrogens is 2. The Bertz CT molecular complexity index is 646. The summed E-state index contributed by atoms with van der Waals surface area (Å²) in [4.78, 5) is 15.8. The van der Waals surface area contributed by atoms with Crippen molar-refractivity contribution in [3.63, 3.8) is 0 Å². The Hall–Kier alpha value is -1.57. The smallest absolute Gasteiger partial charge is 0.407 e. The third kappa shape index (κ3) is 5.53. The molecule has 2 heterocycles. The zero-order valence-corrected chi connectivity index (χ0v) is 14.7. The van der Waals surface area contributed by atoms with E-state index in [0.29, 0.717) is 19.4 Å². The molecular formula is C15H25N3O4S. The average molecular weight is 343 g/mol. The molecule has 1 saturated heterocycles. The normalized spacial score (nSPS) is 20.9. The van der Waals surface area contributed by atoms with E-state index in [4.69, 9.17) is 4.74 Å². The second-order valence-corrected chi connectivity index (χ2v) is 9.11. The number of hydrogen-bond acceptors (Lipinski definition) is 5. The van der Waals surface area contributed by atoms with Crippen molar-refractivity contribution in [1.29, 1.82) is 0 Å². The Morgan fingerprint density at radius 3 is 2.87 bits per heavy atom. The molecule has 0 saturated carbocycles. The van der Waals surface area contributed by atoms with Crippen LogP contribution in [0.5, 0.6) is 0 Å². The summed E-state index contributed by atoms with van der Waals surface area (Å²) < 4.78 is 30.7. The monoisotopic (exact) mass is 343 g/mol. The third-order valence-electron chi connectivity index (χ3n) is 3.63. The lowest BCUT2D eigenvalue weighted by atomic mass is 10.1. The number of carbonyl (C=O) groups is 1. The molecule has 0 radical (unpaired) electrons. The van der Waals surface area contributed by atoms with Crippen molar-refractivity contribution in [2.24, 2.45) is 0 Å². The van der Waals surface area contributed by atoms with E-state index in [-0.39, 0.29) is 17.5 Å². The van der Waals surface area contributed by atoms with E-state index in [9.17, 15) is 13.2 Å². The lowest BCUT2D eigenvalue weighted by Crippen LogP contribution is -2.34. The van der Waals surface area contributed by atoms with Crippen LogP contribution in [-0.2, 0) is 21.0 Å². The highest BCUT2D eigenvalue weighted by Gasteiger charge is 2.27. The van der Waals surface area contributed by atoms with Gasteiger partial charge in [-0.15, -0.1) is 0 Å². The molecule has 8 heteroatoms. The molecule has 1 unspecified atom stereocenters. The quantitative estimate of drug-likeness (QED) is 0.898. The van der Waals surface area contributed by atoms with Gasteiger partial charge in [-0.3, -0.25) is 0 Å². The van der Waals surface area contributed by atoms with Gasteiger partial charge in [0.2, 0.25) is 0 Å². The summed E-state index contributed by atoms with van der Waals surface area (Å²) >= 11 is 0. The van der Waals surface area contributed by atoms with Gasteiger partial charge in [0.15, 0.2) is 9.84 Å². The Morgan fingerprint density at radius 1 is 1.48 bits per heavy atom. The molecular weight excluding hydrogens is 318 g/mol. The fourth-order valence-electron chi connectivity index (χ4n) is 2.68. The average Bonchev–Trinajstić information content (AvgIpc) is 2.83. The van der Waals surface area contributed by atoms with Gasteiger partial charge >= 0.3 is 6.09 Å². The molecule has 0 aliphatic carbocycles. The lowest BCUT2D eigenvalue weighted by molar-refractivity contribution is 0.0528. The predicted octanol–water partition coefficient (Wildman–Crippen LogP) is 1.70. The predicted molar refractivity (Wildman–Crippen MR) is 87.1 cm³/mol. The molecule has 0 aromatic carbocycles. The molecule has 1 aliphatic rings. The first kappa shape index (κ1) is 17.8. The second kappa shape index (κ2) is 6.90. The van der Waals surface area contributed by atoms with Crippen molar-refractivity contribution >= 4 is 15.9 Å². The number of sulfone groups is 1. The molecule has 1 fully saturated rings. The van der Waals surface area contributed by atoms with Crippen molar-refractivity contribution < 1.29 is 17.9 Å². The summed E-state index contributed by atoms with van der Waals surface area (Å²) in [6.45, 7) is 5.85. The van der Waals surface area contributed by atoms with E-state index in [0.717, 1.165) is 12.1 Å². The van der Waals surface area contributed by atoms with E-state index in [1.807, 2.05) is 25.3 Å². The Morgan fingerprint density at radius 2 is 2.22 bits per heavy atom. The molecule has 1 atom stereocenters. The van der Waals surface area contributed by atoms with Gasteiger partial charge in [0.1, 0.15) is 5.60 Å². The number of nitrogens with zero attached hydrogens (tertiary/aromatic N) is 2. The van der Waals surface area contributed by atoms with Crippen molar-refractivity contribution in [3.05, 3.63) is 18.2 Å². The number of nitrogens with one attached hydrogen (secondary N) is 1. The molecule has 1 N–H and O–H groups in total. The number of ether oxygens (including phenoxy) is 1. The van der Waals surface area contributed by atoms with E-state index in [1.54, 1.807) is 12.5 Å². The zero-order valence-electron chi connectivity index (χ0n) is 13.9. The standard InChI is InChI=1S/C15H25N3O4S/c1-15(2,3)22-14(19)17-7-6-12-9-16-11-18(12)13-5-4-8-23(20,21)10-13/h9,11,13H,4-8,10H2,1-3H3,(H,17,19). The molecule has 7 nitrogen and oxygen atoms in total. The maximum atomic E-state index is 11.8. The summed E-state index contributed by atoms with van der Waals surface area (Å²) in [7, 11) is -2.97. The number of alkyl carbamates (subject to hydrolysis) is 1. The van der Waals surface area contributed by atoms with E-state index >= 15 is 0 Å². The number of hydrogen-bond donors (Lipinski definition) is 1. The summed E-state index contributed by atoms with van der Waals surface area (Å²) in [5, 5.41) is 2.70. The molecule has 2 rings (SSSR count). The number of rotatable bonds is 4. The van der Waals surface area contributed by atoms with E-state index < -0.39 is 21.5 Å². The number of imidazole rings is 1. The molecule has 130 valence electrons. The van der Waals surface area contributed by atoms with Crippen LogP contribution in [-0.4, -0.2) is 47.7 Å². The van der Waals surface area contributed by atoms with Gasteiger partial charge in [0.25, 0.3) is 0 Å². The zero-order chi connectivity index (χ0) is 17.1. The minimum Gasteiger partial charge on any atom is -0.444 e. The highest BCUT2D eigenvalue weighted by molar-refractivity contribution is 7.91. The van der Waals surface area contributed by atoms with Crippen LogP contribution in [0.1, 0.15) is 45.3 Å².